The molecule has 0 aromatic rings. The summed E-state index contributed by atoms with van der Waals surface area (Å²) in [5.41, 5.74) is 26.9. The van der Waals surface area contributed by atoms with Gasteiger partial charge in [0.2, 0.25) is 23.6 Å². The molecule has 0 aliphatic carbocycles. The SMILES string of the molecule is CC(O)C(NC(=O)C(CCCCN)NC(=O)C(N)CCCN=C(N)N)C(=O)NC(CCC(N)=O)C(=O)O. The van der Waals surface area contributed by atoms with Crippen LogP contribution in [0, 0.1) is 0 Å². The highest BCUT2D eigenvalue weighted by atomic mass is 16.4. The van der Waals surface area contributed by atoms with Crippen LogP contribution >= 0.6 is 0 Å². The van der Waals surface area contributed by atoms with Gasteiger partial charge in [-0.15, -0.1) is 0 Å². The molecule has 37 heavy (non-hydrogen) atoms. The van der Waals surface area contributed by atoms with Crippen molar-refractivity contribution in [3.8, 4) is 0 Å². The molecule has 0 bridgehead atoms. The minimum atomic E-state index is -1.55. The minimum absolute atomic E-state index is 0.0890. The molecule has 5 unspecified atom stereocenters. The second-order valence-electron chi connectivity index (χ2n) is 8.53. The van der Waals surface area contributed by atoms with Crippen molar-refractivity contribution in [3.63, 3.8) is 0 Å². The van der Waals surface area contributed by atoms with Crippen molar-refractivity contribution in [1.82, 2.24) is 16.0 Å². The number of aliphatic imine (C=N–C) groups is 1. The molecule has 5 atom stereocenters. The van der Waals surface area contributed by atoms with Gasteiger partial charge < -0.3 is 54.8 Å². The Morgan fingerprint density at radius 2 is 1.46 bits per heavy atom. The van der Waals surface area contributed by atoms with E-state index in [1.165, 1.54) is 6.92 Å². The third kappa shape index (κ3) is 14.6. The number of nitrogens with one attached hydrogen (secondary N) is 3. The van der Waals surface area contributed by atoms with Crippen LogP contribution in [0.3, 0.4) is 0 Å². The van der Waals surface area contributed by atoms with Crippen LogP contribution in [0.5, 0.6) is 0 Å². The number of nitrogens with two attached hydrogens (primary N) is 5. The summed E-state index contributed by atoms with van der Waals surface area (Å²) in [6.45, 7) is 1.84. The summed E-state index contributed by atoms with van der Waals surface area (Å²) in [6, 6.07) is -5.10. The van der Waals surface area contributed by atoms with E-state index < -0.39 is 59.9 Å². The zero-order valence-corrected chi connectivity index (χ0v) is 21.0. The van der Waals surface area contributed by atoms with E-state index in [4.69, 9.17) is 28.7 Å². The Hall–Kier alpha value is -3.50. The van der Waals surface area contributed by atoms with Gasteiger partial charge in [0.05, 0.1) is 12.1 Å². The van der Waals surface area contributed by atoms with Crippen LogP contribution in [0.15, 0.2) is 4.99 Å². The summed E-state index contributed by atoms with van der Waals surface area (Å²) in [5.74, 6) is -4.67. The quantitative estimate of drug-likeness (QED) is 0.0431. The zero-order chi connectivity index (χ0) is 28.5. The molecule has 16 nitrogen and oxygen atoms in total. The molecule has 0 aromatic carbocycles. The molecule has 0 saturated heterocycles. The fraction of sp³-hybridized carbons (Fsp3) is 0.714. The van der Waals surface area contributed by atoms with Gasteiger partial charge in [0.1, 0.15) is 18.1 Å². The highest BCUT2D eigenvalue weighted by Crippen LogP contribution is 2.06. The number of carbonyl (C=O) groups excluding carboxylic acids is 4. The van der Waals surface area contributed by atoms with Crippen molar-refractivity contribution in [2.24, 2.45) is 33.7 Å². The third-order valence-corrected chi connectivity index (χ3v) is 5.24. The molecule has 0 spiro atoms. The number of unbranched alkanes of at least 4 members (excludes halogenated alkanes) is 1. The van der Waals surface area contributed by atoms with E-state index in [-0.39, 0.29) is 38.2 Å². The molecule has 15 N–H and O–H groups in total. The molecule has 16 heteroatoms. The molecule has 0 aliphatic rings. The van der Waals surface area contributed by atoms with Crippen molar-refractivity contribution < 1.29 is 34.2 Å². The monoisotopic (exact) mass is 531 g/mol. The first-order valence-electron chi connectivity index (χ1n) is 11.9. The summed E-state index contributed by atoms with van der Waals surface area (Å²) >= 11 is 0. The molecule has 4 amide bonds. The predicted molar refractivity (Wildman–Crippen MR) is 134 cm³/mol. The van der Waals surface area contributed by atoms with Gasteiger partial charge >= 0.3 is 5.97 Å². The van der Waals surface area contributed by atoms with Crippen LogP contribution in [0.1, 0.15) is 51.9 Å². The Morgan fingerprint density at radius 3 is 1.97 bits per heavy atom. The average molecular weight is 532 g/mol. The lowest BCUT2D eigenvalue weighted by Crippen LogP contribution is -2.59. The molecule has 0 fully saturated rings. The maximum Gasteiger partial charge on any atom is 0.326 e. The molecule has 0 saturated carbocycles. The van der Waals surface area contributed by atoms with Crippen LogP contribution in [-0.2, 0) is 24.0 Å². The van der Waals surface area contributed by atoms with Crippen LogP contribution in [0.2, 0.25) is 0 Å². The van der Waals surface area contributed by atoms with Gasteiger partial charge in [-0.2, -0.15) is 0 Å². The van der Waals surface area contributed by atoms with Crippen molar-refractivity contribution in [1.29, 1.82) is 0 Å². The van der Waals surface area contributed by atoms with E-state index in [2.05, 4.69) is 20.9 Å². The predicted octanol–water partition coefficient (Wildman–Crippen LogP) is -4.32. The topological polar surface area (TPSA) is 304 Å². The number of aliphatic hydroxyl groups excluding tert-OH is 1. The molecule has 0 radical (unpaired) electrons. The van der Waals surface area contributed by atoms with E-state index >= 15 is 0 Å². The fourth-order valence-electron chi connectivity index (χ4n) is 3.16. The Balaban J connectivity index is 5.36. The standard InChI is InChI=1S/C21H41N9O7/c1-11(31)16(19(35)29-14(20(36)37)7-8-15(24)32)30-18(34)13(6-2-3-9-22)28-17(33)12(23)5-4-10-27-21(25)26/h11-14,16,31H,2-10,22-23H2,1H3,(H2,24,32)(H,28,33)(H,29,35)(H,30,34)(H,36,37)(H4,25,26,27). The first-order valence-corrected chi connectivity index (χ1v) is 11.9. The highest BCUT2D eigenvalue weighted by molar-refractivity contribution is 5.94. The largest absolute Gasteiger partial charge is 0.480 e. The van der Waals surface area contributed by atoms with Crippen LogP contribution in [0.25, 0.3) is 0 Å². The normalized spacial score (nSPS) is 14.8. The summed E-state index contributed by atoms with van der Waals surface area (Å²) in [4.78, 5) is 64.4. The summed E-state index contributed by atoms with van der Waals surface area (Å²) in [5, 5.41) is 26.4. The number of amides is 4. The number of hydrogen-bond acceptors (Lipinski definition) is 9. The molecular formula is C21H41N9O7. The van der Waals surface area contributed by atoms with E-state index in [9.17, 15) is 34.2 Å². The Morgan fingerprint density at radius 1 is 0.838 bits per heavy atom. The average Bonchev–Trinajstić information content (AvgIpc) is 2.80. The maximum absolute atomic E-state index is 13.0. The molecule has 0 aliphatic heterocycles. The zero-order valence-electron chi connectivity index (χ0n) is 21.0. The number of primary amides is 1. The number of guanidine groups is 1. The van der Waals surface area contributed by atoms with E-state index in [1.807, 2.05) is 0 Å². The number of carbonyl (C=O) groups is 5. The number of aliphatic carboxylic acids is 1. The molecular weight excluding hydrogens is 490 g/mol. The van der Waals surface area contributed by atoms with Crippen LogP contribution in [0.4, 0.5) is 0 Å². The minimum Gasteiger partial charge on any atom is -0.480 e. The lowest BCUT2D eigenvalue weighted by Gasteiger charge is -2.26. The first kappa shape index (κ1) is 33.5. The van der Waals surface area contributed by atoms with Gasteiger partial charge in [0, 0.05) is 13.0 Å². The van der Waals surface area contributed by atoms with Gasteiger partial charge in [-0.05, 0) is 52.0 Å². The van der Waals surface area contributed by atoms with Gasteiger partial charge in [-0.25, -0.2) is 4.79 Å². The number of nitrogens with zero attached hydrogens (tertiary/aromatic N) is 1. The molecule has 212 valence electrons. The maximum atomic E-state index is 13.0. The highest BCUT2D eigenvalue weighted by Gasteiger charge is 2.32. The van der Waals surface area contributed by atoms with E-state index in [0.29, 0.717) is 25.8 Å². The van der Waals surface area contributed by atoms with Crippen LogP contribution in [-0.4, -0.2) is 89.1 Å². The second-order valence-corrected chi connectivity index (χ2v) is 8.53. The van der Waals surface area contributed by atoms with Crippen molar-refractivity contribution in [2.75, 3.05) is 13.1 Å². The van der Waals surface area contributed by atoms with E-state index in [1.54, 1.807) is 0 Å². The number of hydrogen-bond donors (Lipinski definition) is 10. The van der Waals surface area contributed by atoms with Gasteiger partial charge in [0.15, 0.2) is 5.96 Å². The lowest BCUT2D eigenvalue weighted by molar-refractivity contribution is -0.143. The lowest BCUT2D eigenvalue weighted by atomic mass is 10.0. The second kappa shape index (κ2) is 17.9. The van der Waals surface area contributed by atoms with E-state index in [0.717, 1.165) is 0 Å². The Bertz CT molecular complexity index is 803. The van der Waals surface area contributed by atoms with Gasteiger partial charge in [-0.1, -0.05) is 0 Å². The Labute approximate surface area is 215 Å². The summed E-state index contributed by atoms with van der Waals surface area (Å²) < 4.78 is 0. The van der Waals surface area contributed by atoms with Gasteiger partial charge in [0.25, 0.3) is 0 Å². The van der Waals surface area contributed by atoms with Crippen molar-refractivity contribution in [2.45, 2.75) is 82.1 Å². The number of carboxylic acid groups (broad SMARTS) is 1. The summed E-state index contributed by atoms with van der Waals surface area (Å²) in [7, 11) is 0. The summed E-state index contributed by atoms with van der Waals surface area (Å²) in [6.07, 6.45) is -0.159. The van der Waals surface area contributed by atoms with Crippen molar-refractivity contribution >= 4 is 35.6 Å². The van der Waals surface area contributed by atoms with Crippen molar-refractivity contribution in [3.05, 3.63) is 0 Å². The molecule has 0 heterocycles. The Kier molecular flexibility index (Phi) is 16.2. The molecule has 0 rings (SSSR count). The first-order chi connectivity index (χ1) is 17.3. The number of aliphatic hydroxyl groups is 1. The smallest absolute Gasteiger partial charge is 0.326 e. The van der Waals surface area contributed by atoms with Gasteiger partial charge in [-0.3, -0.25) is 24.2 Å². The number of carboxylic acids is 1. The third-order valence-electron chi connectivity index (χ3n) is 5.24. The number of rotatable bonds is 19. The fourth-order valence-corrected chi connectivity index (χ4v) is 3.16. The molecule has 0 aromatic heterocycles. The van der Waals surface area contributed by atoms with Crippen LogP contribution < -0.4 is 44.6 Å².